The van der Waals surface area contributed by atoms with Gasteiger partial charge in [0.05, 0.1) is 13.2 Å². The summed E-state index contributed by atoms with van der Waals surface area (Å²) in [6, 6.07) is 0. The van der Waals surface area contributed by atoms with E-state index < -0.39 is 11.5 Å². The zero-order valence-corrected chi connectivity index (χ0v) is 11.6. The zero-order chi connectivity index (χ0) is 13.8. The molecule has 0 aromatic carbocycles. The van der Waals surface area contributed by atoms with Gasteiger partial charge in [-0.2, -0.15) is 5.10 Å². The Morgan fingerprint density at radius 2 is 2.06 bits per heavy atom. The van der Waals surface area contributed by atoms with Crippen LogP contribution in [0.4, 0.5) is 0 Å². The maximum atomic E-state index is 11.7. The smallest absolute Gasteiger partial charge is 0.327 e. The Hall–Kier alpha value is -1.43. The van der Waals surface area contributed by atoms with E-state index in [0.29, 0.717) is 6.61 Å². The fourth-order valence-corrected chi connectivity index (χ4v) is 1.64. The van der Waals surface area contributed by atoms with E-state index in [4.69, 9.17) is 10.5 Å². The van der Waals surface area contributed by atoms with Crippen LogP contribution in [-0.4, -0.2) is 32.9 Å². The van der Waals surface area contributed by atoms with Crippen molar-refractivity contribution in [2.75, 3.05) is 6.61 Å². The predicted octanol–water partition coefficient (Wildman–Crippen LogP) is 0.683. The molecule has 0 aliphatic rings. The first-order valence-corrected chi connectivity index (χ1v) is 6.33. The molecule has 1 rings (SSSR count). The van der Waals surface area contributed by atoms with Crippen LogP contribution in [0.25, 0.3) is 0 Å². The fourth-order valence-electron chi connectivity index (χ4n) is 1.64. The normalized spacial score (nSPS) is 14.3. The van der Waals surface area contributed by atoms with E-state index in [2.05, 4.69) is 10.1 Å². The SMILES string of the molecule is CCOC(=O)C(C)(N)Cn1nc(CC)nc1CC. The quantitative estimate of drug-likeness (QED) is 0.755. The van der Waals surface area contributed by atoms with Crippen LogP contribution in [0.15, 0.2) is 0 Å². The average Bonchev–Trinajstić information content (AvgIpc) is 2.71. The van der Waals surface area contributed by atoms with Crippen LogP contribution in [0.1, 0.15) is 39.3 Å². The summed E-state index contributed by atoms with van der Waals surface area (Å²) in [6.45, 7) is 8.00. The third-order valence-electron chi connectivity index (χ3n) is 2.64. The van der Waals surface area contributed by atoms with Gasteiger partial charge in [-0.3, -0.25) is 0 Å². The van der Waals surface area contributed by atoms with Crippen LogP contribution < -0.4 is 5.73 Å². The van der Waals surface area contributed by atoms with E-state index >= 15 is 0 Å². The summed E-state index contributed by atoms with van der Waals surface area (Å²) in [5.41, 5.74) is 4.90. The lowest BCUT2D eigenvalue weighted by Crippen LogP contribution is -2.50. The number of aromatic nitrogens is 3. The van der Waals surface area contributed by atoms with Crippen LogP contribution in [0, 0.1) is 0 Å². The zero-order valence-electron chi connectivity index (χ0n) is 11.6. The monoisotopic (exact) mass is 254 g/mol. The maximum absolute atomic E-state index is 11.7. The van der Waals surface area contributed by atoms with Crippen molar-refractivity contribution >= 4 is 5.97 Å². The summed E-state index contributed by atoms with van der Waals surface area (Å²) >= 11 is 0. The van der Waals surface area contributed by atoms with Gasteiger partial charge in [0.2, 0.25) is 0 Å². The third-order valence-corrected chi connectivity index (χ3v) is 2.64. The number of ether oxygens (including phenoxy) is 1. The van der Waals surface area contributed by atoms with Crippen molar-refractivity contribution in [3.63, 3.8) is 0 Å². The minimum absolute atomic E-state index is 0.280. The van der Waals surface area contributed by atoms with Crippen molar-refractivity contribution in [1.29, 1.82) is 0 Å². The summed E-state index contributed by atoms with van der Waals surface area (Å²) in [5.74, 6) is 1.19. The van der Waals surface area contributed by atoms with Crippen molar-refractivity contribution in [3.8, 4) is 0 Å². The first-order valence-electron chi connectivity index (χ1n) is 6.33. The highest BCUT2D eigenvalue weighted by molar-refractivity contribution is 5.79. The molecule has 1 aromatic rings. The van der Waals surface area contributed by atoms with Gasteiger partial charge in [-0.15, -0.1) is 0 Å². The molecule has 6 heteroatoms. The molecule has 1 atom stereocenters. The molecule has 102 valence electrons. The van der Waals surface area contributed by atoms with Gasteiger partial charge in [-0.1, -0.05) is 13.8 Å². The molecule has 1 heterocycles. The van der Waals surface area contributed by atoms with Crippen molar-refractivity contribution in [2.45, 2.75) is 52.6 Å². The molecule has 0 amide bonds. The first-order chi connectivity index (χ1) is 8.44. The first kappa shape index (κ1) is 14.6. The van der Waals surface area contributed by atoms with E-state index in [9.17, 15) is 4.79 Å². The molecule has 0 saturated heterocycles. The van der Waals surface area contributed by atoms with Crippen LogP contribution in [-0.2, 0) is 28.9 Å². The Kier molecular flexibility index (Phi) is 4.84. The molecular weight excluding hydrogens is 232 g/mol. The van der Waals surface area contributed by atoms with E-state index in [1.165, 1.54) is 0 Å². The van der Waals surface area contributed by atoms with Crippen LogP contribution in [0.2, 0.25) is 0 Å². The minimum atomic E-state index is -1.08. The van der Waals surface area contributed by atoms with E-state index in [1.807, 2.05) is 13.8 Å². The second-order valence-corrected chi connectivity index (χ2v) is 4.45. The second kappa shape index (κ2) is 5.95. The largest absolute Gasteiger partial charge is 0.465 e. The average molecular weight is 254 g/mol. The Bertz CT molecular complexity index is 412. The van der Waals surface area contributed by atoms with Crippen molar-refractivity contribution in [3.05, 3.63) is 11.6 Å². The summed E-state index contributed by atoms with van der Waals surface area (Å²) in [5, 5.41) is 4.35. The number of carbonyl (C=O) groups excluding carboxylic acids is 1. The lowest BCUT2D eigenvalue weighted by molar-refractivity contribution is -0.149. The summed E-state index contributed by atoms with van der Waals surface area (Å²) < 4.78 is 6.66. The van der Waals surface area contributed by atoms with Crippen molar-refractivity contribution in [2.24, 2.45) is 5.73 Å². The maximum Gasteiger partial charge on any atom is 0.327 e. The van der Waals surface area contributed by atoms with E-state index in [-0.39, 0.29) is 6.54 Å². The standard InChI is InChI=1S/C12H22N4O2/c1-5-9-14-10(6-2)16(15-9)8-12(4,13)11(17)18-7-3/h5-8,13H2,1-4H3. The number of rotatable bonds is 6. The number of aryl methyl sites for hydroxylation is 2. The van der Waals surface area contributed by atoms with Crippen molar-refractivity contribution < 1.29 is 9.53 Å². The highest BCUT2D eigenvalue weighted by atomic mass is 16.5. The highest BCUT2D eigenvalue weighted by Gasteiger charge is 2.31. The van der Waals surface area contributed by atoms with Gasteiger partial charge in [-0.05, 0) is 13.8 Å². The summed E-state index contributed by atoms with van der Waals surface area (Å²) in [6.07, 6.45) is 1.52. The minimum Gasteiger partial charge on any atom is -0.465 e. The van der Waals surface area contributed by atoms with Gasteiger partial charge in [0.15, 0.2) is 5.82 Å². The molecule has 1 aromatic heterocycles. The van der Waals surface area contributed by atoms with Gasteiger partial charge >= 0.3 is 5.97 Å². The Labute approximate surface area is 108 Å². The molecule has 0 bridgehead atoms. The molecule has 1 unspecified atom stereocenters. The molecule has 2 N–H and O–H groups in total. The van der Waals surface area contributed by atoms with Gasteiger partial charge in [-0.25, -0.2) is 14.5 Å². The molecule has 0 spiro atoms. The van der Waals surface area contributed by atoms with Crippen molar-refractivity contribution in [1.82, 2.24) is 14.8 Å². The van der Waals surface area contributed by atoms with E-state index in [0.717, 1.165) is 24.5 Å². The summed E-state index contributed by atoms with van der Waals surface area (Å²) in [7, 11) is 0. The molecule has 0 fully saturated rings. The molecule has 0 aliphatic heterocycles. The third kappa shape index (κ3) is 3.29. The Morgan fingerprint density at radius 1 is 1.39 bits per heavy atom. The van der Waals surface area contributed by atoms with Gasteiger partial charge in [0, 0.05) is 12.8 Å². The molecule has 18 heavy (non-hydrogen) atoms. The van der Waals surface area contributed by atoms with Crippen LogP contribution in [0.3, 0.4) is 0 Å². The number of esters is 1. The number of nitrogens with zero attached hydrogens (tertiary/aromatic N) is 3. The van der Waals surface area contributed by atoms with Crippen LogP contribution >= 0.6 is 0 Å². The molecule has 0 aliphatic carbocycles. The number of nitrogens with two attached hydrogens (primary N) is 1. The lowest BCUT2D eigenvalue weighted by atomic mass is 10.1. The number of hydrogen-bond donors (Lipinski definition) is 1. The van der Waals surface area contributed by atoms with Gasteiger partial charge < -0.3 is 10.5 Å². The Morgan fingerprint density at radius 3 is 2.56 bits per heavy atom. The van der Waals surface area contributed by atoms with Crippen LogP contribution in [0.5, 0.6) is 0 Å². The summed E-state index contributed by atoms with van der Waals surface area (Å²) in [4.78, 5) is 16.1. The second-order valence-electron chi connectivity index (χ2n) is 4.45. The fraction of sp³-hybridized carbons (Fsp3) is 0.750. The number of hydrogen-bond acceptors (Lipinski definition) is 5. The van der Waals surface area contributed by atoms with Gasteiger partial charge in [0.25, 0.3) is 0 Å². The molecule has 0 radical (unpaired) electrons. The molecular formula is C12H22N4O2. The number of carbonyl (C=O) groups is 1. The van der Waals surface area contributed by atoms with Gasteiger partial charge in [0.1, 0.15) is 11.4 Å². The molecule has 0 saturated carbocycles. The Balaban J connectivity index is 2.88. The molecule has 6 nitrogen and oxygen atoms in total. The highest BCUT2D eigenvalue weighted by Crippen LogP contribution is 2.09. The topological polar surface area (TPSA) is 83.0 Å². The lowest BCUT2D eigenvalue weighted by Gasteiger charge is -2.22. The predicted molar refractivity (Wildman–Crippen MR) is 68.0 cm³/mol. The van der Waals surface area contributed by atoms with E-state index in [1.54, 1.807) is 18.5 Å².